The Morgan fingerprint density at radius 2 is 2.23 bits per heavy atom. The Morgan fingerprint density at radius 1 is 1.42 bits per heavy atom. The fraction of sp³-hybridized carbons (Fsp3) is 0.353. The van der Waals surface area contributed by atoms with Crippen molar-refractivity contribution in [2.45, 2.75) is 30.7 Å². The van der Waals surface area contributed by atoms with E-state index in [1.54, 1.807) is 22.0 Å². The fourth-order valence-corrected chi connectivity index (χ4v) is 5.50. The van der Waals surface area contributed by atoms with Crippen LogP contribution in [-0.4, -0.2) is 38.4 Å². The monoisotopic (exact) mass is 395 g/mol. The highest BCUT2D eigenvalue weighted by molar-refractivity contribution is 8.01. The summed E-state index contributed by atoms with van der Waals surface area (Å²) >= 11 is 2.74. The van der Waals surface area contributed by atoms with Crippen LogP contribution in [0.3, 0.4) is 0 Å². The Labute approximate surface area is 156 Å². The van der Waals surface area contributed by atoms with E-state index in [9.17, 15) is 18.4 Å². The van der Waals surface area contributed by atoms with Crippen LogP contribution in [-0.2, 0) is 9.59 Å². The number of nitrogens with one attached hydrogen (secondary N) is 1. The van der Waals surface area contributed by atoms with Crippen LogP contribution in [0.2, 0.25) is 0 Å². The molecule has 5 nitrogen and oxygen atoms in total. The normalized spacial score (nSPS) is 24.8. The first-order valence-corrected chi connectivity index (χ1v) is 9.92. The van der Waals surface area contributed by atoms with Crippen molar-refractivity contribution in [1.82, 2.24) is 9.88 Å². The van der Waals surface area contributed by atoms with Gasteiger partial charge in [0.15, 0.2) is 5.13 Å². The van der Waals surface area contributed by atoms with E-state index in [1.165, 1.54) is 0 Å². The van der Waals surface area contributed by atoms with Crippen molar-refractivity contribution >= 4 is 40.0 Å². The maximum atomic E-state index is 13.9. The first-order valence-electron chi connectivity index (χ1n) is 8.05. The van der Waals surface area contributed by atoms with E-state index in [1.807, 2.05) is 6.92 Å². The van der Waals surface area contributed by atoms with Crippen LogP contribution in [0.4, 0.5) is 13.9 Å². The zero-order chi connectivity index (χ0) is 18.5. The number of hydrogen-bond acceptors (Lipinski definition) is 5. The molecular weight excluding hydrogens is 380 g/mol. The van der Waals surface area contributed by atoms with E-state index in [0.29, 0.717) is 17.3 Å². The molecule has 0 aliphatic carbocycles. The van der Waals surface area contributed by atoms with Crippen molar-refractivity contribution in [3.63, 3.8) is 0 Å². The van der Waals surface area contributed by atoms with Gasteiger partial charge in [0.1, 0.15) is 17.7 Å². The summed E-state index contributed by atoms with van der Waals surface area (Å²) in [4.78, 5) is 30.3. The largest absolute Gasteiger partial charge is 0.315 e. The summed E-state index contributed by atoms with van der Waals surface area (Å²) in [7, 11) is 0. The molecule has 2 fully saturated rings. The van der Waals surface area contributed by atoms with Crippen LogP contribution < -0.4 is 5.32 Å². The molecule has 2 aromatic rings. The molecule has 0 unspecified atom stereocenters. The topological polar surface area (TPSA) is 62.3 Å². The third-order valence-electron chi connectivity index (χ3n) is 4.69. The highest BCUT2D eigenvalue weighted by atomic mass is 32.2. The lowest BCUT2D eigenvalue weighted by Gasteiger charge is -2.29. The van der Waals surface area contributed by atoms with E-state index in [4.69, 9.17) is 0 Å². The van der Waals surface area contributed by atoms with Gasteiger partial charge >= 0.3 is 0 Å². The quantitative estimate of drug-likeness (QED) is 0.864. The van der Waals surface area contributed by atoms with Crippen molar-refractivity contribution < 1.29 is 18.4 Å². The predicted octanol–water partition coefficient (Wildman–Crippen LogP) is 3.48. The number of benzene rings is 1. The number of thiazole rings is 1. The Hall–Kier alpha value is -2.00. The number of halogens is 2. The molecular formula is C17H15F2N3O2S2. The highest BCUT2D eigenvalue weighted by Gasteiger charge is 2.52. The molecule has 4 rings (SSSR count). The van der Waals surface area contributed by atoms with Crippen LogP contribution in [0.15, 0.2) is 23.6 Å². The van der Waals surface area contributed by atoms with Gasteiger partial charge in [0.05, 0.1) is 10.6 Å². The second-order valence-electron chi connectivity index (χ2n) is 6.42. The van der Waals surface area contributed by atoms with Crippen molar-refractivity contribution in [3.05, 3.63) is 35.2 Å². The first-order chi connectivity index (χ1) is 12.4. The number of thioether (sulfide) groups is 1. The third-order valence-corrected chi connectivity index (χ3v) is 6.95. The highest BCUT2D eigenvalue weighted by Crippen LogP contribution is 2.47. The molecule has 2 amide bonds. The molecule has 1 aromatic carbocycles. The predicted molar refractivity (Wildman–Crippen MR) is 96.8 cm³/mol. The average Bonchev–Trinajstić information content (AvgIpc) is 3.26. The number of anilines is 1. The number of hydrogen-bond donors (Lipinski definition) is 1. The van der Waals surface area contributed by atoms with Crippen molar-refractivity contribution in [2.75, 3.05) is 11.1 Å². The summed E-state index contributed by atoms with van der Waals surface area (Å²) in [6.45, 7) is 1.98. The number of carbonyl (C=O) groups is 2. The summed E-state index contributed by atoms with van der Waals surface area (Å²) in [6.07, 6.45) is 1.19. The van der Waals surface area contributed by atoms with E-state index >= 15 is 0 Å². The fourth-order valence-electron chi connectivity index (χ4n) is 3.35. The van der Waals surface area contributed by atoms with E-state index in [0.717, 1.165) is 36.0 Å². The lowest BCUT2D eigenvalue weighted by molar-refractivity contribution is -0.135. The number of carbonyl (C=O) groups excluding carboxylic acids is 2. The molecule has 26 heavy (non-hydrogen) atoms. The minimum absolute atomic E-state index is 0.0145. The molecule has 3 heterocycles. The van der Waals surface area contributed by atoms with Crippen LogP contribution in [0.25, 0.3) is 11.3 Å². The van der Waals surface area contributed by atoms with Crippen molar-refractivity contribution in [1.29, 1.82) is 0 Å². The minimum Gasteiger partial charge on any atom is -0.315 e. The number of rotatable bonds is 3. The van der Waals surface area contributed by atoms with Gasteiger partial charge in [-0.05, 0) is 31.5 Å². The maximum absolute atomic E-state index is 13.9. The summed E-state index contributed by atoms with van der Waals surface area (Å²) in [6, 6.07) is 2.60. The standard InChI is InChI=1S/C17H15F2N3O2S2/c1-17-5-4-14(23)22(17)13(8-26-17)15(24)21-16-20-12(7-25-16)10-6-9(18)2-3-11(10)19/h2-3,6-7,13H,4-5,8H2,1H3,(H,20,21,24)/t13-,17+/m0/s1. The number of fused-ring (bicyclic) bond motifs is 1. The van der Waals surface area contributed by atoms with Crippen molar-refractivity contribution in [2.24, 2.45) is 0 Å². The summed E-state index contributed by atoms with van der Waals surface area (Å²) < 4.78 is 27.2. The molecule has 136 valence electrons. The van der Waals surface area contributed by atoms with E-state index in [2.05, 4.69) is 10.3 Å². The van der Waals surface area contributed by atoms with Gasteiger partial charge in [0.25, 0.3) is 0 Å². The van der Waals surface area contributed by atoms with Gasteiger partial charge in [0, 0.05) is 23.1 Å². The van der Waals surface area contributed by atoms with E-state index in [-0.39, 0.29) is 27.9 Å². The van der Waals surface area contributed by atoms with Gasteiger partial charge in [-0.15, -0.1) is 23.1 Å². The van der Waals surface area contributed by atoms with Gasteiger partial charge in [0.2, 0.25) is 11.8 Å². The molecule has 2 aliphatic rings. The second-order valence-corrected chi connectivity index (χ2v) is 8.78. The molecule has 0 spiro atoms. The minimum atomic E-state index is -0.583. The summed E-state index contributed by atoms with van der Waals surface area (Å²) in [5.74, 6) is -0.934. The van der Waals surface area contributed by atoms with Gasteiger partial charge in [-0.25, -0.2) is 13.8 Å². The molecule has 2 saturated heterocycles. The Kier molecular flexibility index (Phi) is 4.23. The molecule has 0 saturated carbocycles. The van der Waals surface area contributed by atoms with Crippen molar-refractivity contribution in [3.8, 4) is 11.3 Å². The maximum Gasteiger partial charge on any atom is 0.249 e. The molecule has 0 radical (unpaired) electrons. The van der Waals surface area contributed by atoms with Gasteiger partial charge in [-0.2, -0.15) is 0 Å². The SMILES string of the molecule is C[C@@]12CCC(=O)N1[C@H](C(=O)Nc1nc(-c3cc(F)ccc3F)cs1)CS2. The third kappa shape index (κ3) is 2.88. The zero-order valence-electron chi connectivity index (χ0n) is 13.8. The van der Waals surface area contributed by atoms with Crippen LogP contribution in [0.1, 0.15) is 19.8 Å². The lowest BCUT2D eigenvalue weighted by atomic mass is 10.1. The molecule has 1 N–H and O–H groups in total. The van der Waals surface area contributed by atoms with Crippen LogP contribution in [0, 0.1) is 11.6 Å². The molecule has 2 aliphatic heterocycles. The van der Waals surface area contributed by atoms with Gasteiger partial charge < -0.3 is 10.2 Å². The molecule has 9 heteroatoms. The average molecular weight is 395 g/mol. The second kappa shape index (κ2) is 6.31. The Morgan fingerprint density at radius 3 is 3.04 bits per heavy atom. The summed E-state index contributed by atoms with van der Waals surface area (Å²) in [5, 5.41) is 4.55. The molecule has 2 atom stereocenters. The zero-order valence-corrected chi connectivity index (χ0v) is 15.4. The number of aromatic nitrogens is 1. The molecule has 0 bridgehead atoms. The van der Waals surface area contributed by atoms with Crippen LogP contribution in [0.5, 0.6) is 0 Å². The smallest absolute Gasteiger partial charge is 0.249 e. The van der Waals surface area contributed by atoms with Crippen LogP contribution >= 0.6 is 23.1 Å². The first kappa shape index (κ1) is 17.4. The lowest BCUT2D eigenvalue weighted by Crippen LogP contribution is -2.48. The van der Waals surface area contributed by atoms with E-state index < -0.39 is 17.7 Å². The number of amides is 2. The molecule has 1 aromatic heterocycles. The van der Waals surface area contributed by atoms with Gasteiger partial charge in [-0.3, -0.25) is 9.59 Å². The van der Waals surface area contributed by atoms with Gasteiger partial charge in [-0.1, -0.05) is 0 Å². The number of nitrogens with zero attached hydrogens (tertiary/aromatic N) is 2. The summed E-state index contributed by atoms with van der Waals surface area (Å²) in [5.41, 5.74) is 0.297. The Balaban J connectivity index is 1.52. The Bertz CT molecular complexity index is 904.